The molecule has 102 valence electrons. The van der Waals surface area contributed by atoms with E-state index in [1.165, 1.54) is 18.2 Å². The van der Waals surface area contributed by atoms with Crippen LogP contribution in [-0.2, 0) is 10.0 Å². The monoisotopic (exact) mass is 352 g/mol. The number of primary sulfonamides is 1. The third-order valence-corrected chi connectivity index (χ3v) is 3.97. The molecule has 0 spiro atoms. The van der Waals surface area contributed by atoms with Crippen LogP contribution in [0.25, 0.3) is 0 Å². The SMILES string of the molecule is N#Cc1ccc(Oc2ccc(S(N)(=O)=O)cc2Br)cc1. The molecule has 0 saturated heterocycles. The molecular weight excluding hydrogens is 344 g/mol. The largest absolute Gasteiger partial charge is 0.456 e. The van der Waals surface area contributed by atoms with E-state index < -0.39 is 10.0 Å². The number of rotatable bonds is 3. The molecule has 7 heteroatoms. The van der Waals surface area contributed by atoms with Crippen LogP contribution < -0.4 is 9.88 Å². The molecule has 0 aromatic heterocycles. The average Bonchev–Trinajstić information content (AvgIpc) is 2.41. The fraction of sp³-hybridized carbons (Fsp3) is 0. The van der Waals surface area contributed by atoms with E-state index in [2.05, 4.69) is 15.9 Å². The molecule has 0 unspecified atom stereocenters. The Morgan fingerprint density at radius 3 is 2.30 bits per heavy atom. The number of sulfonamides is 1. The van der Waals surface area contributed by atoms with Gasteiger partial charge in [0, 0.05) is 0 Å². The Labute approximate surface area is 124 Å². The van der Waals surface area contributed by atoms with Gasteiger partial charge < -0.3 is 4.74 Å². The summed E-state index contributed by atoms with van der Waals surface area (Å²) in [5.41, 5.74) is 0.529. The number of hydrogen-bond acceptors (Lipinski definition) is 4. The van der Waals surface area contributed by atoms with Crippen LogP contribution in [0.3, 0.4) is 0 Å². The maximum absolute atomic E-state index is 11.2. The van der Waals surface area contributed by atoms with E-state index in [4.69, 9.17) is 15.1 Å². The van der Waals surface area contributed by atoms with Crippen molar-refractivity contribution in [1.82, 2.24) is 0 Å². The van der Waals surface area contributed by atoms with Gasteiger partial charge in [0.25, 0.3) is 0 Å². The van der Waals surface area contributed by atoms with E-state index in [-0.39, 0.29) is 4.90 Å². The van der Waals surface area contributed by atoms with Gasteiger partial charge in [-0.1, -0.05) is 0 Å². The molecule has 20 heavy (non-hydrogen) atoms. The van der Waals surface area contributed by atoms with Crippen LogP contribution >= 0.6 is 15.9 Å². The van der Waals surface area contributed by atoms with E-state index in [0.29, 0.717) is 21.5 Å². The summed E-state index contributed by atoms with van der Waals surface area (Å²) in [6.07, 6.45) is 0. The Morgan fingerprint density at radius 1 is 1.15 bits per heavy atom. The van der Waals surface area contributed by atoms with Gasteiger partial charge in [-0.3, -0.25) is 0 Å². The molecule has 0 heterocycles. The second-order valence-electron chi connectivity index (χ2n) is 3.88. The van der Waals surface area contributed by atoms with Gasteiger partial charge in [-0.05, 0) is 58.4 Å². The topological polar surface area (TPSA) is 93.2 Å². The lowest BCUT2D eigenvalue weighted by molar-refractivity contribution is 0.479. The summed E-state index contributed by atoms with van der Waals surface area (Å²) in [4.78, 5) is -0.00319. The maximum atomic E-state index is 11.2. The van der Waals surface area contributed by atoms with Crippen LogP contribution in [0.2, 0.25) is 0 Å². The van der Waals surface area contributed by atoms with Crippen molar-refractivity contribution in [3.05, 3.63) is 52.5 Å². The van der Waals surface area contributed by atoms with Gasteiger partial charge in [-0.15, -0.1) is 0 Å². The summed E-state index contributed by atoms with van der Waals surface area (Å²) in [6, 6.07) is 12.8. The van der Waals surface area contributed by atoms with E-state index >= 15 is 0 Å². The first kappa shape index (κ1) is 14.5. The summed E-state index contributed by atoms with van der Waals surface area (Å²) in [5.74, 6) is 0.982. The normalized spacial score (nSPS) is 10.8. The molecule has 2 aromatic rings. The zero-order chi connectivity index (χ0) is 14.8. The molecule has 0 aliphatic carbocycles. The molecule has 0 radical (unpaired) electrons. The highest BCUT2D eigenvalue weighted by atomic mass is 79.9. The molecule has 0 bridgehead atoms. The molecule has 0 amide bonds. The smallest absolute Gasteiger partial charge is 0.238 e. The molecule has 2 aromatic carbocycles. The second kappa shape index (κ2) is 5.63. The zero-order valence-electron chi connectivity index (χ0n) is 10.1. The lowest BCUT2D eigenvalue weighted by Gasteiger charge is -2.08. The average molecular weight is 353 g/mol. The molecule has 0 aliphatic heterocycles. The van der Waals surface area contributed by atoms with E-state index in [0.717, 1.165) is 0 Å². The minimum Gasteiger partial charge on any atom is -0.456 e. The summed E-state index contributed by atoms with van der Waals surface area (Å²) >= 11 is 3.23. The van der Waals surface area contributed by atoms with Crippen LogP contribution in [0, 0.1) is 11.3 Å². The summed E-state index contributed by atoms with van der Waals surface area (Å²) in [6.45, 7) is 0. The standard InChI is InChI=1S/C13H9BrN2O3S/c14-12-7-11(20(16,17)18)5-6-13(12)19-10-3-1-9(8-15)2-4-10/h1-7H,(H2,16,17,18). The van der Waals surface area contributed by atoms with Crippen LogP contribution in [0.5, 0.6) is 11.5 Å². The molecular formula is C13H9BrN2O3S. The van der Waals surface area contributed by atoms with Gasteiger partial charge in [0.2, 0.25) is 10.0 Å². The molecule has 0 aliphatic rings. The van der Waals surface area contributed by atoms with Crippen molar-refractivity contribution in [3.8, 4) is 17.6 Å². The summed E-state index contributed by atoms with van der Waals surface area (Å²) < 4.78 is 28.5. The summed E-state index contributed by atoms with van der Waals surface area (Å²) in [7, 11) is -3.75. The van der Waals surface area contributed by atoms with Crippen molar-refractivity contribution >= 4 is 26.0 Å². The van der Waals surface area contributed by atoms with E-state index in [9.17, 15) is 8.42 Å². The van der Waals surface area contributed by atoms with Crippen LogP contribution in [0.15, 0.2) is 51.8 Å². The first-order valence-electron chi connectivity index (χ1n) is 5.40. The number of nitriles is 1. The highest BCUT2D eigenvalue weighted by molar-refractivity contribution is 9.10. The molecule has 0 atom stereocenters. The lowest BCUT2D eigenvalue weighted by atomic mass is 10.2. The Kier molecular flexibility index (Phi) is 4.09. The number of nitrogens with two attached hydrogens (primary N) is 1. The highest BCUT2D eigenvalue weighted by Crippen LogP contribution is 2.31. The zero-order valence-corrected chi connectivity index (χ0v) is 12.5. The predicted octanol–water partition coefficient (Wildman–Crippen LogP) is 2.76. The first-order chi connectivity index (χ1) is 9.40. The van der Waals surface area contributed by atoms with Gasteiger partial charge in [0.05, 0.1) is 21.0 Å². The van der Waals surface area contributed by atoms with E-state index in [1.807, 2.05) is 6.07 Å². The van der Waals surface area contributed by atoms with Crippen LogP contribution in [0.4, 0.5) is 0 Å². The second-order valence-corrected chi connectivity index (χ2v) is 6.29. The predicted molar refractivity (Wildman–Crippen MR) is 76.7 cm³/mol. The van der Waals surface area contributed by atoms with Gasteiger partial charge in [-0.25, -0.2) is 13.6 Å². The maximum Gasteiger partial charge on any atom is 0.238 e. The van der Waals surface area contributed by atoms with Gasteiger partial charge in [-0.2, -0.15) is 5.26 Å². The third kappa shape index (κ3) is 3.36. The number of nitrogens with zero attached hydrogens (tertiary/aromatic N) is 1. The number of ether oxygens (including phenoxy) is 1. The number of hydrogen-bond donors (Lipinski definition) is 1. The van der Waals surface area contributed by atoms with Crippen molar-refractivity contribution in [3.63, 3.8) is 0 Å². The minimum atomic E-state index is -3.75. The van der Waals surface area contributed by atoms with Crippen molar-refractivity contribution in [2.75, 3.05) is 0 Å². The quantitative estimate of drug-likeness (QED) is 0.918. The lowest BCUT2D eigenvalue weighted by Crippen LogP contribution is -2.11. The van der Waals surface area contributed by atoms with Crippen LogP contribution in [-0.4, -0.2) is 8.42 Å². The molecule has 0 saturated carbocycles. The highest BCUT2D eigenvalue weighted by Gasteiger charge is 2.11. The van der Waals surface area contributed by atoms with Crippen LogP contribution in [0.1, 0.15) is 5.56 Å². The Morgan fingerprint density at radius 2 is 1.80 bits per heavy atom. The molecule has 2 rings (SSSR count). The van der Waals surface area contributed by atoms with Crippen molar-refractivity contribution in [1.29, 1.82) is 5.26 Å². The van der Waals surface area contributed by atoms with Gasteiger partial charge >= 0.3 is 0 Å². The minimum absolute atomic E-state index is 0.00319. The molecule has 2 N–H and O–H groups in total. The fourth-order valence-corrected chi connectivity index (χ4v) is 2.62. The number of halogens is 1. The fourth-order valence-electron chi connectivity index (χ4n) is 1.47. The Hall–Kier alpha value is -1.88. The Balaban J connectivity index is 2.28. The van der Waals surface area contributed by atoms with Gasteiger partial charge in [0.1, 0.15) is 11.5 Å². The summed E-state index contributed by atoms with van der Waals surface area (Å²) in [5, 5.41) is 13.7. The van der Waals surface area contributed by atoms with Crippen molar-refractivity contribution in [2.24, 2.45) is 5.14 Å². The van der Waals surface area contributed by atoms with Crippen molar-refractivity contribution in [2.45, 2.75) is 4.90 Å². The third-order valence-electron chi connectivity index (χ3n) is 2.44. The molecule has 0 fully saturated rings. The van der Waals surface area contributed by atoms with E-state index in [1.54, 1.807) is 24.3 Å². The van der Waals surface area contributed by atoms with Gasteiger partial charge in [0.15, 0.2) is 0 Å². The number of benzene rings is 2. The van der Waals surface area contributed by atoms with Crippen molar-refractivity contribution < 1.29 is 13.2 Å². The Bertz CT molecular complexity index is 780. The first-order valence-corrected chi connectivity index (χ1v) is 7.74. The molecule has 5 nitrogen and oxygen atoms in total.